The summed E-state index contributed by atoms with van der Waals surface area (Å²) in [4.78, 5) is -0.262. The van der Waals surface area contributed by atoms with Gasteiger partial charge in [-0.05, 0) is 42.0 Å². The lowest BCUT2D eigenvalue weighted by Gasteiger charge is -2.08. The molecule has 0 saturated carbocycles. The molecule has 2 N–H and O–H groups in total. The van der Waals surface area contributed by atoms with Crippen molar-refractivity contribution in [3.8, 4) is 5.75 Å². The predicted octanol–water partition coefficient (Wildman–Crippen LogP) is 1.23. The molecule has 0 saturated heterocycles. The first-order valence-corrected chi connectivity index (χ1v) is 9.33. The van der Waals surface area contributed by atoms with Crippen LogP contribution in [-0.4, -0.2) is 23.6 Å². The van der Waals surface area contributed by atoms with Gasteiger partial charge < -0.3 is 9.92 Å². The fourth-order valence-corrected chi connectivity index (χ4v) is 3.37. The van der Waals surface area contributed by atoms with Gasteiger partial charge in [0, 0.05) is 13.3 Å². The molecule has 0 aromatic heterocycles. The monoisotopic (exact) mass is 370 g/mol. The summed E-state index contributed by atoms with van der Waals surface area (Å²) >= 11 is 0. The van der Waals surface area contributed by atoms with Gasteiger partial charge >= 0.3 is 20.2 Å². The van der Waals surface area contributed by atoms with Crippen LogP contribution >= 0.6 is 0 Å². The predicted molar refractivity (Wildman–Crippen MR) is 86.4 cm³/mol. The van der Waals surface area contributed by atoms with Crippen molar-refractivity contribution in [3.63, 3.8) is 0 Å². The quantitative estimate of drug-likeness (QED) is 0.441. The summed E-state index contributed by atoms with van der Waals surface area (Å²) in [7, 11) is -8.12. The lowest BCUT2D eigenvalue weighted by Crippen LogP contribution is -2.10. The maximum absolute atomic E-state index is 12.2. The Morgan fingerprint density at radius 1 is 0.875 bits per heavy atom. The molecule has 0 fully saturated rings. The van der Waals surface area contributed by atoms with Crippen LogP contribution in [0.15, 0.2) is 63.5 Å². The van der Waals surface area contributed by atoms with Gasteiger partial charge in [0.05, 0.1) is 0 Å². The standard InChI is InChI=1S/C14H14N2O6S2/c1-16-22-24(19,20)14-8-4-12(5-9-14)21-23(17,18)13-6-2-11(10-15)3-7-13/h2-9H,1,10,15H2. The molecule has 0 amide bonds. The number of oxime groups is 1. The average molecular weight is 370 g/mol. The molecule has 0 atom stereocenters. The number of hydrogen-bond acceptors (Lipinski definition) is 8. The van der Waals surface area contributed by atoms with E-state index in [1.54, 1.807) is 12.1 Å². The molecule has 2 rings (SSSR count). The zero-order valence-corrected chi connectivity index (χ0v) is 14.0. The summed E-state index contributed by atoms with van der Waals surface area (Å²) in [5.74, 6) is -0.0524. The summed E-state index contributed by atoms with van der Waals surface area (Å²) in [6.45, 7) is 3.21. The number of benzene rings is 2. The van der Waals surface area contributed by atoms with Gasteiger partial charge in [-0.1, -0.05) is 17.3 Å². The molecule has 0 bridgehead atoms. The summed E-state index contributed by atoms with van der Waals surface area (Å²) in [5, 5.41) is 2.85. The molecule has 0 heterocycles. The lowest BCUT2D eigenvalue weighted by atomic mass is 10.2. The Kier molecular flexibility index (Phi) is 5.22. The molecule has 0 unspecified atom stereocenters. The van der Waals surface area contributed by atoms with E-state index in [-0.39, 0.29) is 15.5 Å². The van der Waals surface area contributed by atoms with Crippen molar-refractivity contribution in [1.82, 2.24) is 0 Å². The van der Waals surface area contributed by atoms with Gasteiger partial charge in [-0.15, -0.1) is 0 Å². The molecule has 8 nitrogen and oxygen atoms in total. The highest BCUT2D eigenvalue weighted by molar-refractivity contribution is 7.87. The molecule has 2 aromatic rings. The van der Waals surface area contributed by atoms with E-state index in [0.29, 0.717) is 6.54 Å². The molecule has 0 aliphatic heterocycles. The molecule has 0 aliphatic rings. The van der Waals surface area contributed by atoms with Gasteiger partial charge in [-0.2, -0.15) is 16.8 Å². The van der Waals surface area contributed by atoms with E-state index in [2.05, 4.69) is 16.2 Å². The van der Waals surface area contributed by atoms with Gasteiger partial charge in [0.2, 0.25) is 0 Å². The van der Waals surface area contributed by atoms with Crippen LogP contribution in [0.4, 0.5) is 0 Å². The first-order valence-electron chi connectivity index (χ1n) is 6.52. The van der Waals surface area contributed by atoms with E-state index in [0.717, 1.165) is 17.7 Å². The van der Waals surface area contributed by atoms with Crippen LogP contribution in [0.3, 0.4) is 0 Å². The van der Waals surface area contributed by atoms with Crippen molar-refractivity contribution in [2.75, 3.05) is 0 Å². The number of nitrogens with zero attached hydrogens (tertiary/aromatic N) is 1. The molecule has 0 radical (unpaired) electrons. The molecule has 10 heteroatoms. The Hall–Kier alpha value is -2.43. The van der Waals surface area contributed by atoms with Crippen LogP contribution in [0, 0.1) is 0 Å². The normalized spacial score (nSPS) is 11.7. The molecule has 0 spiro atoms. The first kappa shape index (κ1) is 17.9. The van der Waals surface area contributed by atoms with Crippen molar-refractivity contribution in [2.45, 2.75) is 16.3 Å². The second kappa shape index (κ2) is 6.99. The fourth-order valence-electron chi connectivity index (χ4n) is 1.74. The minimum absolute atomic E-state index is 0.0458. The smallest absolute Gasteiger partial charge is 0.358 e. The van der Waals surface area contributed by atoms with Crippen molar-refractivity contribution >= 4 is 27.0 Å². The Morgan fingerprint density at radius 3 is 1.88 bits per heavy atom. The topological polar surface area (TPSA) is 125 Å². The minimum Gasteiger partial charge on any atom is -0.379 e. The molecule has 128 valence electrons. The van der Waals surface area contributed by atoms with Gasteiger partial charge in [0.25, 0.3) is 0 Å². The maximum atomic E-state index is 12.2. The second-order valence-electron chi connectivity index (χ2n) is 4.51. The van der Waals surface area contributed by atoms with Crippen molar-refractivity contribution in [3.05, 3.63) is 54.1 Å². The van der Waals surface area contributed by atoms with Crippen LogP contribution in [0.25, 0.3) is 0 Å². The third-order valence-electron chi connectivity index (χ3n) is 2.92. The van der Waals surface area contributed by atoms with E-state index in [4.69, 9.17) is 9.92 Å². The summed E-state index contributed by atoms with van der Waals surface area (Å²) < 4.78 is 56.6. The lowest BCUT2D eigenvalue weighted by molar-refractivity contribution is 0.342. The minimum atomic E-state index is -4.08. The van der Waals surface area contributed by atoms with Gasteiger partial charge in [0.15, 0.2) is 0 Å². The summed E-state index contributed by atoms with van der Waals surface area (Å²) in [6, 6.07) is 10.5. The second-order valence-corrected chi connectivity index (χ2v) is 7.59. The average Bonchev–Trinajstić information content (AvgIpc) is 2.55. The van der Waals surface area contributed by atoms with Gasteiger partial charge in [0.1, 0.15) is 15.5 Å². The van der Waals surface area contributed by atoms with Crippen molar-refractivity contribution < 1.29 is 25.3 Å². The molecular formula is C14H14N2O6S2. The van der Waals surface area contributed by atoms with Crippen LogP contribution in [0.1, 0.15) is 5.56 Å². The van der Waals surface area contributed by atoms with Crippen LogP contribution in [-0.2, 0) is 31.1 Å². The Balaban J connectivity index is 2.22. The zero-order chi connectivity index (χ0) is 17.8. The summed E-state index contributed by atoms with van der Waals surface area (Å²) in [6.07, 6.45) is 0. The largest absolute Gasteiger partial charge is 0.379 e. The van der Waals surface area contributed by atoms with E-state index in [1.807, 2.05) is 0 Å². The van der Waals surface area contributed by atoms with Crippen LogP contribution in [0.2, 0.25) is 0 Å². The first-order chi connectivity index (χ1) is 11.3. The molecule has 24 heavy (non-hydrogen) atoms. The van der Waals surface area contributed by atoms with E-state index in [1.165, 1.54) is 24.3 Å². The molecular weight excluding hydrogens is 356 g/mol. The highest BCUT2D eigenvalue weighted by Gasteiger charge is 2.19. The van der Waals surface area contributed by atoms with Crippen LogP contribution in [0.5, 0.6) is 5.75 Å². The number of rotatable bonds is 7. The Labute approximate surface area is 139 Å². The van der Waals surface area contributed by atoms with E-state index >= 15 is 0 Å². The van der Waals surface area contributed by atoms with E-state index in [9.17, 15) is 16.8 Å². The Morgan fingerprint density at radius 2 is 1.38 bits per heavy atom. The van der Waals surface area contributed by atoms with Gasteiger partial charge in [-0.25, -0.2) is 0 Å². The third-order valence-corrected chi connectivity index (χ3v) is 5.33. The summed E-state index contributed by atoms with van der Waals surface area (Å²) in [5.41, 5.74) is 6.23. The van der Waals surface area contributed by atoms with Crippen molar-refractivity contribution in [1.29, 1.82) is 0 Å². The molecule has 0 aliphatic carbocycles. The fraction of sp³-hybridized carbons (Fsp3) is 0.0714. The van der Waals surface area contributed by atoms with Crippen LogP contribution < -0.4 is 9.92 Å². The van der Waals surface area contributed by atoms with Gasteiger partial charge in [-0.3, -0.25) is 4.28 Å². The highest BCUT2D eigenvalue weighted by atomic mass is 32.2. The number of nitrogens with two attached hydrogens (primary N) is 1. The maximum Gasteiger partial charge on any atom is 0.358 e. The van der Waals surface area contributed by atoms with E-state index < -0.39 is 20.2 Å². The Bertz CT molecular complexity index is 920. The SMILES string of the molecule is C=NOS(=O)(=O)c1ccc(OS(=O)(=O)c2ccc(CN)cc2)cc1. The molecule has 2 aromatic carbocycles. The number of hydrogen-bond donors (Lipinski definition) is 1. The third kappa shape index (κ3) is 4.10. The van der Waals surface area contributed by atoms with Crippen molar-refractivity contribution in [2.24, 2.45) is 10.9 Å². The highest BCUT2D eigenvalue weighted by Crippen LogP contribution is 2.22. The zero-order valence-electron chi connectivity index (χ0n) is 12.3.